The largest absolute Gasteiger partial charge is 0.468 e. The summed E-state index contributed by atoms with van der Waals surface area (Å²) in [6.07, 6.45) is 5.27. The van der Waals surface area contributed by atoms with Crippen LogP contribution in [0.2, 0.25) is 0 Å². The number of carbonyl (C=O) groups excluding carboxylic acids is 4. The maximum Gasteiger partial charge on any atom is 0.408 e. The first-order valence-corrected chi connectivity index (χ1v) is 11.6. The molecule has 0 saturated heterocycles. The molecule has 35 heavy (non-hydrogen) atoms. The Kier molecular flexibility index (Phi) is 11.3. The third-order valence-corrected chi connectivity index (χ3v) is 4.94. The van der Waals surface area contributed by atoms with Gasteiger partial charge in [0.05, 0.1) is 7.11 Å². The van der Waals surface area contributed by atoms with Crippen LogP contribution in [0.15, 0.2) is 24.3 Å². The second-order valence-corrected chi connectivity index (χ2v) is 9.36. The third kappa shape index (κ3) is 9.32. The molecule has 0 aromatic heterocycles. The van der Waals surface area contributed by atoms with Crippen LogP contribution in [0.4, 0.5) is 4.79 Å². The van der Waals surface area contributed by atoms with Gasteiger partial charge >= 0.3 is 12.1 Å². The zero-order valence-corrected chi connectivity index (χ0v) is 21.6. The summed E-state index contributed by atoms with van der Waals surface area (Å²) in [7, 11) is 1.22. The van der Waals surface area contributed by atoms with Crippen LogP contribution >= 0.6 is 0 Å². The Labute approximate surface area is 207 Å². The van der Waals surface area contributed by atoms with Crippen LogP contribution in [0.5, 0.6) is 0 Å². The maximum absolute atomic E-state index is 13.8. The number of amides is 3. The molecule has 2 atom stereocenters. The zero-order valence-electron chi connectivity index (χ0n) is 21.6. The third-order valence-electron chi connectivity index (χ3n) is 4.94. The van der Waals surface area contributed by atoms with Gasteiger partial charge in [-0.25, -0.2) is 4.79 Å². The van der Waals surface area contributed by atoms with Crippen molar-refractivity contribution in [3.8, 4) is 12.3 Å². The normalized spacial score (nSPS) is 12.7. The quantitative estimate of drug-likeness (QED) is 0.388. The Morgan fingerprint density at radius 3 is 2.17 bits per heavy atom. The summed E-state index contributed by atoms with van der Waals surface area (Å²) in [5.41, 5.74) is 0.378. The lowest BCUT2D eigenvalue weighted by atomic mass is 9.98. The number of nitrogens with one attached hydrogen (secondary N) is 2. The number of terminal acetylenes is 1. The van der Waals surface area contributed by atoms with E-state index in [1.54, 1.807) is 58.9 Å². The molecule has 0 aliphatic heterocycles. The van der Waals surface area contributed by atoms with Gasteiger partial charge in [0.25, 0.3) is 0 Å². The number of hydrogen-bond donors (Lipinski definition) is 2. The second kappa shape index (κ2) is 13.4. The van der Waals surface area contributed by atoms with E-state index in [0.717, 1.165) is 0 Å². The van der Waals surface area contributed by atoms with E-state index in [-0.39, 0.29) is 19.0 Å². The van der Waals surface area contributed by atoms with Gasteiger partial charge in [0.1, 0.15) is 24.2 Å². The summed E-state index contributed by atoms with van der Waals surface area (Å²) in [4.78, 5) is 52.5. The molecule has 9 nitrogen and oxygen atoms in total. The molecule has 0 radical (unpaired) electrons. The minimum atomic E-state index is -1.07. The number of methoxy groups -OCH3 is 1. The van der Waals surface area contributed by atoms with Crippen LogP contribution in [-0.4, -0.2) is 60.6 Å². The number of carbonyl (C=O) groups is 4. The van der Waals surface area contributed by atoms with Crippen molar-refractivity contribution in [2.24, 2.45) is 5.92 Å². The summed E-state index contributed by atoms with van der Waals surface area (Å²) in [5, 5.41) is 5.18. The van der Waals surface area contributed by atoms with Gasteiger partial charge in [-0.1, -0.05) is 38.8 Å². The Morgan fingerprint density at radius 1 is 1.11 bits per heavy atom. The highest BCUT2D eigenvalue weighted by molar-refractivity contribution is 5.93. The molecule has 9 heteroatoms. The number of nitrogens with zero attached hydrogens (tertiary/aromatic N) is 1. The van der Waals surface area contributed by atoms with E-state index in [1.807, 2.05) is 6.92 Å². The van der Waals surface area contributed by atoms with Crippen molar-refractivity contribution in [2.75, 3.05) is 20.2 Å². The molecular weight excluding hydrogens is 450 g/mol. The Hall–Kier alpha value is -3.54. The van der Waals surface area contributed by atoms with Crippen molar-refractivity contribution in [2.45, 2.75) is 65.6 Å². The highest BCUT2D eigenvalue weighted by Gasteiger charge is 2.37. The fourth-order valence-corrected chi connectivity index (χ4v) is 3.30. The number of ether oxygens (including phenoxy) is 2. The zero-order chi connectivity index (χ0) is 26.8. The van der Waals surface area contributed by atoms with Gasteiger partial charge < -0.3 is 25.0 Å². The first-order valence-electron chi connectivity index (χ1n) is 11.6. The van der Waals surface area contributed by atoms with Crippen LogP contribution in [0, 0.1) is 18.3 Å². The van der Waals surface area contributed by atoms with E-state index in [1.165, 1.54) is 12.0 Å². The van der Waals surface area contributed by atoms with Crippen molar-refractivity contribution in [3.63, 3.8) is 0 Å². The molecule has 0 heterocycles. The van der Waals surface area contributed by atoms with Gasteiger partial charge in [0, 0.05) is 12.1 Å². The SMILES string of the molecule is C#Cc1ccc(C(C(=O)NCC(=O)OC)N(CCC)C(=O)C(NC(=O)OC(C)(C)C)C(C)C)cc1. The molecular formula is C26H37N3O6. The molecule has 0 bridgehead atoms. The highest BCUT2D eigenvalue weighted by Crippen LogP contribution is 2.25. The fraction of sp³-hybridized carbons (Fsp3) is 0.538. The molecule has 192 valence electrons. The molecule has 0 aliphatic rings. The van der Waals surface area contributed by atoms with Crippen LogP contribution in [0.3, 0.4) is 0 Å². The van der Waals surface area contributed by atoms with Gasteiger partial charge in [-0.2, -0.15) is 0 Å². The van der Waals surface area contributed by atoms with Crippen molar-refractivity contribution < 1.29 is 28.7 Å². The Balaban J connectivity index is 3.41. The van der Waals surface area contributed by atoms with E-state index in [2.05, 4.69) is 21.3 Å². The molecule has 0 saturated carbocycles. The van der Waals surface area contributed by atoms with E-state index < -0.39 is 41.6 Å². The first kappa shape index (κ1) is 29.5. The second-order valence-electron chi connectivity index (χ2n) is 9.36. The standard InChI is InChI=1S/C26H37N3O6/c1-9-15-29(24(32)21(17(3)4)28-25(33)35-26(5,6)7)22(23(31)27-16-20(30)34-8)19-13-11-18(10-2)12-14-19/h2,11-14,17,21-22H,9,15-16H2,1,3-8H3,(H,27,31)(H,28,33). The lowest BCUT2D eigenvalue weighted by Gasteiger charge is -2.35. The van der Waals surface area contributed by atoms with Crippen LogP contribution in [0.1, 0.15) is 65.1 Å². The smallest absolute Gasteiger partial charge is 0.408 e. The molecule has 2 unspecified atom stereocenters. The van der Waals surface area contributed by atoms with E-state index in [4.69, 9.17) is 11.2 Å². The topological polar surface area (TPSA) is 114 Å². The summed E-state index contributed by atoms with van der Waals surface area (Å²) in [6.45, 7) is 10.5. The summed E-state index contributed by atoms with van der Waals surface area (Å²) >= 11 is 0. The lowest BCUT2D eigenvalue weighted by Crippen LogP contribution is -2.55. The Bertz CT molecular complexity index is 928. The molecule has 0 aliphatic carbocycles. The number of hydrogen-bond acceptors (Lipinski definition) is 6. The van der Waals surface area contributed by atoms with Gasteiger partial charge in [-0.15, -0.1) is 6.42 Å². The van der Waals surface area contributed by atoms with E-state index in [9.17, 15) is 19.2 Å². The van der Waals surface area contributed by atoms with Gasteiger partial charge in [-0.05, 0) is 50.8 Å². The first-order chi connectivity index (χ1) is 16.3. The molecule has 1 aromatic carbocycles. The predicted molar refractivity (Wildman–Crippen MR) is 132 cm³/mol. The van der Waals surface area contributed by atoms with Gasteiger partial charge in [0.15, 0.2) is 0 Å². The molecule has 0 fully saturated rings. The average molecular weight is 488 g/mol. The maximum atomic E-state index is 13.8. The number of benzene rings is 1. The Morgan fingerprint density at radius 2 is 1.71 bits per heavy atom. The summed E-state index contributed by atoms with van der Waals surface area (Å²) < 4.78 is 9.94. The highest BCUT2D eigenvalue weighted by atomic mass is 16.6. The predicted octanol–water partition coefficient (Wildman–Crippen LogP) is 2.79. The number of esters is 1. The average Bonchev–Trinajstić information content (AvgIpc) is 2.79. The molecule has 2 N–H and O–H groups in total. The minimum absolute atomic E-state index is 0.227. The van der Waals surface area contributed by atoms with Crippen LogP contribution < -0.4 is 10.6 Å². The van der Waals surface area contributed by atoms with Crippen molar-refractivity contribution in [1.82, 2.24) is 15.5 Å². The fourth-order valence-electron chi connectivity index (χ4n) is 3.30. The van der Waals surface area contributed by atoms with Crippen LogP contribution in [0.25, 0.3) is 0 Å². The summed E-state index contributed by atoms with van der Waals surface area (Å²) in [6, 6.07) is 4.66. The van der Waals surface area contributed by atoms with Crippen LogP contribution in [-0.2, 0) is 23.9 Å². The molecule has 1 aromatic rings. The van der Waals surface area contributed by atoms with Gasteiger partial charge in [-0.3, -0.25) is 14.4 Å². The molecule has 3 amide bonds. The van der Waals surface area contributed by atoms with Crippen molar-refractivity contribution in [3.05, 3.63) is 35.4 Å². The van der Waals surface area contributed by atoms with Crippen molar-refractivity contribution in [1.29, 1.82) is 0 Å². The number of alkyl carbamates (subject to hydrolysis) is 1. The van der Waals surface area contributed by atoms with Gasteiger partial charge in [0.2, 0.25) is 11.8 Å². The molecule has 0 spiro atoms. The monoisotopic (exact) mass is 487 g/mol. The van der Waals surface area contributed by atoms with E-state index >= 15 is 0 Å². The number of rotatable bonds is 10. The minimum Gasteiger partial charge on any atom is -0.468 e. The molecule has 1 rings (SSSR count). The van der Waals surface area contributed by atoms with E-state index in [0.29, 0.717) is 17.5 Å². The lowest BCUT2D eigenvalue weighted by molar-refractivity contribution is -0.145. The summed E-state index contributed by atoms with van der Waals surface area (Å²) in [5.74, 6) is 0.581. The van der Waals surface area contributed by atoms with Crippen molar-refractivity contribution >= 4 is 23.9 Å².